The maximum absolute atomic E-state index is 12.8. The van der Waals surface area contributed by atoms with Gasteiger partial charge in [-0.3, -0.25) is 19.4 Å². The van der Waals surface area contributed by atoms with E-state index in [2.05, 4.69) is 30.9 Å². The summed E-state index contributed by atoms with van der Waals surface area (Å²) in [5.74, 6) is 3.77. The van der Waals surface area contributed by atoms with E-state index in [4.69, 9.17) is 16.2 Å². The molecule has 5 heterocycles. The third kappa shape index (κ3) is 7.39. The number of hydrogen-bond donors (Lipinski definition) is 2. The standard InChI is InChI=1S/C39H37N9O3/c40-32-13-9-17-36(44-32)47(34-15-3-5-19-42-34)26-27-23-28(48(35-16-4-6-20-43-35)37-18-10-14-33(41)45-37)25-29(24-27)51-22-8-7-21-46-38(49)30-11-1-2-12-31(30)39(46)50/h1-6,10-16,18-20,23-25H,7-9,17,21-22,26,40H2,(H2,41,45). The summed E-state index contributed by atoms with van der Waals surface area (Å²) in [6.45, 7) is 1.10. The quantitative estimate of drug-likeness (QED) is 0.112. The maximum atomic E-state index is 12.8. The lowest BCUT2D eigenvalue weighted by atomic mass is 10.1. The molecule has 12 nitrogen and oxygen atoms in total. The molecule has 256 valence electrons. The third-order valence-corrected chi connectivity index (χ3v) is 8.55. The van der Waals surface area contributed by atoms with Gasteiger partial charge in [-0.05, 0) is 91.6 Å². The fourth-order valence-corrected chi connectivity index (χ4v) is 6.18. The molecule has 0 bridgehead atoms. The van der Waals surface area contributed by atoms with Gasteiger partial charge in [-0.2, -0.15) is 0 Å². The summed E-state index contributed by atoms with van der Waals surface area (Å²) in [7, 11) is 0. The largest absolute Gasteiger partial charge is 0.494 e. The van der Waals surface area contributed by atoms with E-state index in [1.165, 1.54) is 4.90 Å². The summed E-state index contributed by atoms with van der Waals surface area (Å²) >= 11 is 0. The maximum Gasteiger partial charge on any atom is 0.261 e. The summed E-state index contributed by atoms with van der Waals surface area (Å²) in [5.41, 5.74) is 14.9. The number of aromatic nitrogens is 3. The van der Waals surface area contributed by atoms with Crippen LogP contribution in [-0.2, 0) is 6.54 Å². The number of carbonyl (C=O) groups excluding carboxylic acids is 2. The minimum absolute atomic E-state index is 0.254. The normalized spacial score (nSPS) is 13.8. The highest BCUT2D eigenvalue weighted by Crippen LogP contribution is 2.36. The summed E-state index contributed by atoms with van der Waals surface area (Å²) in [6.07, 6.45) is 8.10. The van der Waals surface area contributed by atoms with Crippen molar-refractivity contribution in [1.82, 2.24) is 19.9 Å². The second-order valence-electron chi connectivity index (χ2n) is 12.1. The van der Waals surface area contributed by atoms with Crippen LogP contribution in [0.4, 0.5) is 29.0 Å². The molecular weight excluding hydrogens is 642 g/mol. The Hall–Kier alpha value is -6.56. The minimum Gasteiger partial charge on any atom is -0.494 e. The molecule has 7 rings (SSSR count). The van der Waals surface area contributed by atoms with Gasteiger partial charge in [0.25, 0.3) is 11.8 Å². The van der Waals surface area contributed by atoms with Gasteiger partial charge in [0.2, 0.25) is 0 Å². The van der Waals surface area contributed by atoms with E-state index in [-0.39, 0.29) is 11.8 Å². The average Bonchev–Trinajstić information content (AvgIpc) is 3.39. The van der Waals surface area contributed by atoms with Gasteiger partial charge in [0.15, 0.2) is 0 Å². The first-order valence-electron chi connectivity index (χ1n) is 16.8. The molecule has 4 N–H and O–H groups in total. The van der Waals surface area contributed by atoms with Crippen LogP contribution in [0.25, 0.3) is 0 Å². The van der Waals surface area contributed by atoms with Crippen LogP contribution in [0.5, 0.6) is 5.75 Å². The van der Waals surface area contributed by atoms with Crippen molar-refractivity contribution in [2.45, 2.75) is 32.2 Å². The first kappa shape index (κ1) is 33.0. The lowest BCUT2D eigenvalue weighted by Crippen LogP contribution is -2.32. The number of aliphatic imine (C=N–C) groups is 1. The highest BCUT2D eigenvalue weighted by Gasteiger charge is 2.34. The SMILES string of the molecule is NC1=CCCC(N(Cc2cc(OCCCCN3C(=O)c4ccccc4C3=O)cc(N(c3ccccn3)c3cccc(N)n3)c2)c2ccccn2)=N1. The van der Waals surface area contributed by atoms with Gasteiger partial charge < -0.3 is 21.1 Å². The van der Waals surface area contributed by atoms with Crippen molar-refractivity contribution in [2.24, 2.45) is 10.7 Å². The van der Waals surface area contributed by atoms with Gasteiger partial charge in [-0.25, -0.2) is 19.9 Å². The van der Waals surface area contributed by atoms with Crippen LogP contribution in [0, 0.1) is 0 Å². The zero-order valence-electron chi connectivity index (χ0n) is 27.9. The molecule has 2 aliphatic rings. The number of nitrogen functional groups attached to an aromatic ring is 1. The molecular formula is C39H37N9O3. The van der Waals surface area contributed by atoms with Crippen LogP contribution in [0.15, 0.2) is 126 Å². The second kappa shape index (κ2) is 14.9. The van der Waals surface area contributed by atoms with E-state index in [1.807, 2.05) is 71.6 Å². The number of unbranched alkanes of at least 4 members (excludes halogenated alkanes) is 1. The number of hydrogen-bond acceptors (Lipinski definition) is 11. The molecule has 3 aromatic heterocycles. The summed E-state index contributed by atoms with van der Waals surface area (Å²) in [4.78, 5) is 49.6. The third-order valence-electron chi connectivity index (χ3n) is 8.55. The fraction of sp³-hybridized carbons (Fsp3) is 0.179. The topological polar surface area (TPSA) is 156 Å². The van der Waals surface area contributed by atoms with E-state index in [0.717, 1.165) is 29.3 Å². The van der Waals surface area contributed by atoms with E-state index in [1.54, 1.807) is 42.7 Å². The summed E-state index contributed by atoms with van der Waals surface area (Å²) in [6, 6.07) is 29.8. The Morgan fingerprint density at radius 1 is 0.765 bits per heavy atom. The second-order valence-corrected chi connectivity index (χ2v) is 12.1. The number of nitrogens with two attached hydrogens (primary N) is 2. The van der Waals surface area contributed by atoms with E-state index in [9.17, 15) is 9.59 Å². The molecule has 2 aliphatic heterocycles. The number of rotatable bonds is 12. The molecule has 0 saturated heterocycles. The summed E-state index contributed by atoms with van der Waals surface area (Å²) in [5, 5.41) is 0. The Kier molecular flexibility index (Phi) is 9.64. The number of amidine groups is 1. The number of pyridine rings is 3. The van der Waals surface area contributed by atoms with Crippen molar-refractivity contribution in [3.8, 4) is 5.75 Å². The van der Waals surface area contributed by atoms with Gasteiger partial charge in [0, 0.05) is 31.4 Å². The number of benzene rings is 2. The molecule has 0 radical (unpaired) electrons. The van der Waals surface area contributed by atoms with Crippen LogP contribution >= 0.6 is 0 Å². The number of fused-ring (bicyclic) bond motifs is 1. The lowest BCUT2D eigenvalue weighted by Gasteiger charge is -2.28. The number of anilines is 5. The zero-order chi connectivity index (χ0) is 35.2. The van der Waals surface area contributed by atoms with Crippen LogP contribution in [-0.4, -0.2) is 50.7 Å². The van der Waals surface area contributed by atoms with Crippen molar-refractivity contribution in [1.29, 1.82) is 0 Å². The highest BCUT2D eigenvalue weighted by atomic mass is 16.5. The van der Waals surface area contributed by atoms with Crippen LogP contribution < -0.4 is 26.0 Å². The molecule has 0 fully saturated rings. The molecule has 0 atom stereocenters. The number of amides is 2. The van der Waals surface area contributed by atoms with Gasteiger partial charge in [0.1, 0.15) is 40.7 Å². The zero-order valence-corrected chi connectivity index (χ0v) is 27.9. The molecule has 0 spiro atoms. The number of imide groups is 1. The van der Waals surface area contributed by atoms with E-state index < -0.39 is 0 Å². The smallest absolute Gasteiger partial charge is 0.261 e. The van der Waals surface area contributed by atoms with Crippen molar-refractivity contribution in [3.63, 3.8) is 0 Å². The van der Waals surface area contributed by atoms with Crippen LogP contribution in [0.3, 0.4) is 0 Å². The minimum atomic E-state index is -0.254. The van der Waals surface area contributed by atoms with Crippen molar-refractivity contribution in [2.75, 3.05) is 28.7 Å². The molecule has 2 aromatic carbocycles. The summed E-state index contributed by atoms with van der Waals surface area (Å²) < 4.78 is 6.39. The van der Waals surface area contributed by atoms with Crippen molar-refractivity contribution >= 4 is 46.6 Å². The van der Waals surface area contributed by atoms with Crippen LogP contribution in [0.1, 0.15) is 52.0 Å². The molecule has 5 aromatic rings. The molecule has 0 aliphatic carbocycles. The van der Waals surface area contributed by atoms with Gasteiger partial charge in [-0.15, -0.1) is 0 Å². The monoisotopic (exact) mass is 679 g/mol. The van der Waals surface area contributed by atoms with Crippen LogP contribution in [0.2, 0.25) is 0 Å². The number of ether oxygens (including phenoxy) is 1. The number of carbonyl (C=O) groups is 2. The highest BCUT2D eigenvalue weighted by molar-refractivity contribution is 6.21. The van der Waals surface area contributed by atoms with E-state index >= 15 is 0 Å². The van der Waals surface area contributed by atoms with E-state index in [0.29, 0.717) is 79.1 Å². The molecule has 0 unspecified atom stereocenters. The number of nitrogens with zero attached hydrogens (tertiary/aromatic N) is 7. The lowest BCUT2D eigenvalue weighted by molar-refractivity contribution is 0.0649. The van der Waals surface area contributed by atoms with Gasteiger partial charge in [-0.1, -0.05) is 30.3 Å². The predicted molar refractivity (Wildman–Crippen MR) is 197 cm³/mol. The molecule has 51 heavy (non-hydrogen) atoms. The Morgan fingerprint density at radius 3 is 2.16 bits per heavy atom. The first-order chi connectivity index (χ1) is 24.9. The Labute approximate surface area is 295 Å². The van der Waals surface area contributed by atoms with Gasteiger partial charge in [0.05, 0.1) is 30.0 Å². The predicted octanol–water partition coefficient (Wildman–Crippen LogP) is 6.38. The molecule has 2 amide bonds. The average molecular weight is 680 g/mol. The van der Waals surface area contributed by atoms with Gasteiger partial charge >= 0.3 is 0 Å². The fourth-order valence-electron chi connectivity index (χ4n) is 6.18. The molecule has 12 heteroatoms. The van der Waals surface area contributed by atoms with Crippen molar-refractivity contribution in [3.05, 3.63) is 138 Å². The van der Waals surface area contributed by atoms with Crippen molar-refractivity contribution < 1.29 is 14.3 Å². The Morgan fingerprint density at radius 2 is 1.47 bits per heavy atom. The Balaban J connectivity index is 1.18. The Bertz CT molecular complexity index is 2070. The first-order valence-corrected chi connectivity index (χ1v) is 16.8. The number of allylic oxidation sites excluding steroid dienone is 1. The molecule has 0 saturated carbocycles.